The van der Waals surface area contributed by atoms with Gasteiger partial charge in [0.25, 0.3) is 0 Å². The van der Waals surface area contributed by atoms with E-state index in [1.165, 1.54) is 6.26 Å². The molecule has 194 valence electrons. The summed E-state index contributed by atoms with van der Waals surface area (Å²) >= 11 is 0. The first-order valence-corrected chi connectivity index (χ1v) is 12.3. The zero-order valence-corrected chi connectivity index (χ0v) is 21.8. The molecular weight excluding hydrogens is 450 g/mol. The fraction of sp³-hybridized carbons (Fsp3) is 0.667. The number of aliphatic hydroxyl groups is 2. The highest BCUT2D eigenvalue weighted by Gasteiger charge is 2.52. The van der Waals surface area contributed by atoms with Gasteiger partial charge in [0, 0.05) is 25.2 Å². The van der Waals surface area contributed by atoms with Gasteiger partial charge in [0.2, 0.25) is 0 Å². The second kappa shape index (κ2) is 10.4. The van der Waals surface area contributed by atoms with Crippen LogP contribution in [0.3, 0.4) is 0 Å². The molecule has 0 saturated carbocycles. The Morgan fingerprint density at radius 2 is 1.89 bits per heavy atom. The Bertz CT molecular complexity index is 993. The molecule has 8 nitrogen and oxygen atoms in total. The van der Waals surface area contributed by atoms with Crippen LogP contribution in [0.2, 0.25) is 0 Å². The number of ketones is 1. The number of epoxide rings is 1. The Morgan fingerprint density at radius 1 is 1.20 bits per heavy atom. The summed E-state index contributed by atoms with van der Waals surface area (Å²) in [7, 11) is 0. The molecule has 0 amide bonds. The standard InChI is InChI=1S/C27H39NO7/c1-15-9-8-10-27(7)22(35-27)12-20(16(2)11-19-14-33-18(4)28-19)34-23(30)13-21(29)26(5,6)25(32)17(3)24(15)31/h8-9,11,14-15,17,20-22,24,29,31H,10,12-13H2,1-7H3/b9-8+,16-11+/t15-,17+,20-,21-,22?,24-,27?/m0/s1. The van der Waals surface area contributed by atoms with Gasteiger partial charge in [-0.3, -0.25) is 9.59 Å². The van der Waals surface area contributed by atoms with Crippen molar-refractivity contribution >= 4 is 17.8 Å². The maximum atomic E-state index is 13.2. The van der Waals surface area contributed by atoms with Gasteiger partial charge in [-0.05, 0) is 31.9 Å². The van der Waals surface area contributed by atoms with E-state index in [-0.39, 0.29) is 24.2 Å². The first kappa shape index (κ1) is 27.3. The third-order valence-electron chi connectivity index (χ3n) is 7.51. The summed E-state index contributed by atoms with van der Waals surface area (Å²) in [5, 5.41) is 21.6. The number of ether oxygens (including phenoxy) is 2. The van der Waals surface area contributed by atoms with Gasteiger partial charge in [-0.15, -0.1) is 0 Å². The average Bonchev–Trinajstić information content (AvgIpc) is 3.22. The molecule has 1 saturated heterocycles. The maximum absolute atomic E-state index is 13.2. The zero-order chi connectivity index (χ0) is 26.1. The molecule has 8 heteroatoms. The van der Waals surface area contributed by atoms with E-state index in [0.717, 1.165) is 5.57 Å². The van der Waals surface area contributed by atoms with Crippen molar-refractivity contribution in [3.63, 3.8) is 0 Å². The Hall–Kier alpha value is -2.29. The van der Waals surface area contributed by atoms with Crippen LogP contribution in [0.1, 0.15) is 72.4 Å². The zero-order valence-electron chi connectivity index (χ0n) is 21.8. The SMILES string of the molecule is C/C(=C\c1coc(C)n1)[C@@H]1CC2OC2(C)C/C=C/[C@H](C)[C@H](O)[C@@H](C)C(=O)C(C)(C)[C@@H](O)CC(=O)O1. The minimum Gasteiger partial charge on any atom is -0.458 e. The van der Waals surface area contributed by atoms with Gasteiger partial charge in [-0.2, -0.15) is 0 Å². The molecule has 0 aromatic carbocycles. The number of nitrogens with zero attached hydrogens (tertiary/aromatic N) is 1. The summed E-state index contributed by atoms with van der Waals surface area (Å²) in [4.78, 5) is 30.4. The van der Waals surface area contributed by atoms with E-state index in [4.69, 9.17) is 13.9 Å². The van der Waals surface area contributed by atoms with Gasteiger partial charge in [-0.1, -0.05) is 39.8 Å². The van der Waals surface area contributed by atoms with Crippen molar-refractivity contribution in [2.24, 2.45) is 17.3 Å². The number of rotatable bonds is 2. The van der Waals surface area contributed by atoms with Crippen LogP contribution < -0.4 is 0 Å². The van der Waals surface area contributed by atoms with Crippen molar-refractivity contribution in [1.29, 1.82) is 0 Å². The van der Waals surface area contributed by atoms with Gasteiger partial charge in [0.05, 0.1) is 35.7 Å². The number of fused-ring (bicyclic) bond motifs is 1. The normalized spacial score (nSPS) is 37.9. The number of aryl methyl sites for hydroxylation is 1. The molecule has 2 unspecified atom stereocenters. The predicted molar refractivity (Wildman–Crippen MR) is 130 cm³/mol. The van der Waals surface area contributed by atoms with Crippen LogP contribution in [0.15, 0.2) is 28.4 Å². The predicted octanol–water partition coefficient (Wildman–Crippen LogP) is 3.79. The molecule has 2 N–H and O–H groups in total. The van der Waals surface area contributed by atoms with E-state index in [1.54, 1.807) is 33.8 Å². The average molecular weight is 490 g/mol. The van der Waals surface area contributed by atoms with Crippen molar-refractivity contribution in [1.82, 2.24) is 4.98 Å². The molecule has 0 spiro atoms. The van der Waals surface area contributed by atoms with Crippen LogP contribution in [0, 0.1) is 24.2 Å². The van der Waals surface area contributed by atoms with Gasteiger partial charge in [-0.25, -0.2) is 4.98 Å². The highest BCUT2D eigenvalue weighted by atomic mass is 16.6. The molecule has 3 heterocycles. The molecule has 2 aliphatic rings. The minimum atomic E-state index is -1.26. The highest BCUT2D eigenvalue weighted by Crippen LogP contribution is 2.44. The maximum Gasteiger partial charge on any atom is 0.309 e. The Kier molecular flexibility index (Phi) is 8.09. The molecule has 0 aliphatic carbocycles. The molecule has 2 aliphatic heterocycles. The minimum absolute atomic E-state index is 0.123. The molecule has 1 aromatic rings. The van der Waals surface area contributed by atoms with Gasteiger partial charge >= 0.3 is 5.97 Å². The summed E-state index contributed by atoms with van der Waals surface area (Å²) in [5.41, 5.74) is -0.247. The Morgan fingerprint density at radius 3 is 2.51 bits per heavy atom. The summed E-state index contributed by atoms with van der Waals surface area (Å²) in [6, 6.07) is 0. The van der Waals surface area contributed by atoms with Crippen LogP contribution in [0.4, 0.5) is 0 Å². The number of carbonyl (C=O) groups is 2. The highest BCUT2D eigenvalue weighted by molar-refractivity contribution is 5.88. The van der Waals surface area contributed by atoms with Crippen molar-refractivity contribution in [3.8, 4) is 0 Å². The summed E-state index contributed by atoms with van der Waals surface area (Å²) in [6.45, 7) is 12.3. The Balaban J connectivity index is 1.89. The van der Waals surface area contributed by atoms with E-state index in [1.807, 2.05) is 32.9 Å². The van der Waals surface area contributed by atoms with Crippen LogP contribution in [-0.2, 0) is 19.1 Å². The summed E-state index contributed by atoms with van der Waals surface area (Å²) in [5.74, 6) is -1.35. The molecule has 1 aromatic heterocycles. The van der Waals surface area contributed by atoms with Gasteiger partial charge in [0.15, 0.2) is 5.89 Å². The number of aromatic nitrogens is 1. The number of esters is 1. The third-order valence-corrected chi connectivity index (χ3v) is 7.51. The molecule has 7 atom stereocenters. The third kappa shape index (κ3) is 6.29. The number of hydrogen-bond acceptors (Lipinski definition) is 8. The van der Waals surface area contributed by atoms with E-state index in [9.17, 15) is 19.8 Å². The lowest BCUT2D eigenvalue weighted by molar-refractivity contribution is -0.154. The number of aliphatic hydroxyl groups excluding tert-OH is 2. The van der Waals surface area contributed by atoms with Crippen molar-refractivity contribution in [2.45, 2.75) is 97.7 Å². The topological polar surface area (TPSA) is 122 Å². The lowest BCUT2D eigenvalue weighted by atomic mass is 9.73. The van der Waals surface area contributed by atoms with E-state index in [0.29, 0.717) is 24.4 Å². The van der Waals surface area contributed by atoms with Crippen LogP contribution in [0.25, 0.3) is 6.08 Å². The fourth-order valence-corrected chi connectivity index (χ4v) is 4.67. The molecule has 3 rings (SSSR count). The van der Waals surface area contributed by atoms with Gasteiger partial charge < -0.3 is 24.1 Å². The smallest absolute Gasteiger partial charge is 0.309 e. The van der Waals surface area contributed by atoms with Crippen molar-refractivity contribution < 1.29 is 33.7 Å². The first-order valence-electron chi connectivity index (χ1n) is 12.3. The largest absolute Gasteiger partial charge is 0.458 e. The molecular formula is C27H39NO7. The van der Waals surface area contributed by atoms with E-state index >= 15 is 0 Å². The fourth-order valence-electron chi connectivity index (χ4n) is 4.67. The van der Waals surface area contributed by atoms with Crippen LogP contribution in [0.5, 0.6) is 0 Å². The monoisotopic (exact) mass is 489 g/mol. The number of oxazole rings is 1. The first-order chi connectivity index (χ1) is 16.2. The molecule has 35 heavy (non-hydrogen) atoms. The number of carbonyl (C=O) groups excluding carboxylic acids is 2. The lowest BCUT2D eigenvalue weighted by Gasteiger charge is -2.34. The molecule has 0 radical (unpaired) electrons. The van der Waals surface area contributed by atoms with Crippen molar-refractivity contribution in [2.75, 3.05) is 0 Å². The molecule has 0 bridgehead atoms. The molecule has 1 fully saturated rings. The number of cyclic esters (lactones) is 1. The van der Waals surface area contributed by atoms with E-state index in [2.05, 4.69) is 4.98 Å². The summed E-state index contributed by atoms with van der Waals surface area (Å²) < 4.78 is 17.1. The number of Topliss-reactive ketones (excluding diaryl/α,β-unsaturated/α-hetero) is 1. The lowest BCUT2D eigenvalue weighted by Crippen LogP contribution is -2.45. The Labute approximate surface area is 207 Å². The second-order valence-corrected chi connectivity index (χ2v) is 10.9. The second-order valence-electron chi connectivity index (χ2n) is 10.9. The quantitative estimate of drug-likeness (QED) is 0.366. The summed E-state index contributed by atoms with van der Waals surface area (Å²) in [6.07, 6.45) is 5.07. The van der Waals surface area contributed by atoms with E-state index < -0.39 is 41.2 Å². The van der Waals surface area contributed by atoms with Crippen molar-refractivity contribution in [3.05, 3.63) is 35.6 Å². The van der Waals surface area contributed by atoms with Gasteiger partial charge in [0.1, 0.15) is 23.8 Å². The van der Waals surface area contributed by atoms with Crippen LogP contribution >= 0.6 is 0 Å². The number of hydrogen-bond donors (Lipinski definition) is 2. The van der Waals surface area contributed by atoms with Crippen LogP contribution in [-0.4, -0.2) is 57.0 Å².